The average Bonchev–Trinajstić information content (AvgIpc) is 2.80. The summed E-state index contributed by atoms with van der Waals surface area (Å²) in [5, 5.41) is 21.3. The summed E-state index contributed by atoms with van der Waals surface area (Å²) in [4.78, 5) is 1.99. The fourth-order valence-electron chi connectivity index (χ4n) is 8.59. The molecular formula is C31H43NO3. The van der Waals surface area contributed by atoms with Gasteiger partial charge in [-0.15, -0.1) is 0 Å². The van der Waals surface area contributed by atoms with E-state index in [1.54, 1.807) is 0 Å². The highest BCUT2D eigenvalue weighted by Gasteiger charge is 2.60. The van der Waals surface area contributed by atoms with Crippen LogP contribution < -0.4 is 4.74 Å². The Kier molecular flexibility index (Phi) is 6.52. The number of nitrogens with zero attached hydrogens (tertiary/aromatic N) is 1. The largest absolute Gasteiger partial charge is 0.491 e. The first-order chi connectivity index (χ1) is 16.6. The van der Waals surface area contributed by atoms with Crippen molar-refractivity contribution in [2.45, 2.75) is 83.0 Å². The van der Waals surface area contributed by atoms with E-state index in [2.05, 4.69) is 38.1 Å². The average molecular weight is 478 g/mol. The van der Waals surface area contributed by atoms with Crippen molar-refractivity contribution in [3.05, 3.63) is 65.7 Å². The van der Waals surface area contributed by atoms with E-state index in [0.29, 0.717) is 22.8 Å². The second-order valence-electron chi connectivity index (χ2n) is 12.9. The zero-order chi connectivity index (χ0) is 24.8. The summed E-state index contributed by atoms with van der Waals surface area (Å²) < 4.78 is 5.97. The number of rotatable bonds is 9. The molecule has 6 rings (SSSR count). The van der Waals surface area contributed by atoms with Gasteiger partial charge in [0.1, 0.15) is 18.5 Å². The first-order valence-electron chi connectivity index (χ1n) is 13.4. The monoisotopic (exact) mass is 477 g/mol. The van der Waals surface area contributed by atoms with Gasteiger partial charge in [-0.3, -0.25) is 4.90 Å². The van der Waals surface area contributed by atoms with Crippen LogP contribution in [0.3, 0.4) is 0 Å². The van der Waals surface area contributed by atoms with Gasteiger partial charge in [-0.05, 0) is 97.9 Å². The molecule has 3 unspecified atom stereocenters. The van der Waals surface area contributed by atoms with Gasteiger partial charge in [-0.2, -0.15) is 0 Å². The van der Waals surface area contributed by atoms with Crippen LogP contribution in [0.25, 0.3) is 0 Å². The van der Waals surface area contributed by atoms with Crippen molar-refractivity contribution < 1.29 is 14.9 Å². The zero-order valence-corrected chi connectivity index (χ0v) is 21.9. The molecule has 190 valence electrons. The SMILES string of the molecule is C[C@@H]([C@H](O)c1ccccc1)N(C)CC(O)COc1ccc(C23CC4C[C@@](C)(C2)C[C@](C)(C4)C3)cc1. The molecule has 4 heteroatoms. The van der Waals surface area contributed by atoms with E-state index >= 15 is 0 Å². The fraction of sp³-hybridized carbons (Fsp3) is 0.613. The molecule has 2 N–H and O–H groups in total. The van der Waals surface area contributed by atoms with Gasteiger partial charge in [0.15, 0.2) is 0 Å². The first kappa shape index (κ1) is 24.8. The minimum atomic E-state index is -0.631. The molecule has 7 atom stereocenters. The van der Waals surface area contributed by atoms with Crippen molar-refractivity contribution in [3.8, 4) is 5.75 Å². The van der Waals surface area contributed by atoms with Crippen molar-refractivity contribution in [1.82, 2.24) is 4.90 Å². The molecule has 2 aromatic rings. The summed E-state index contributed by atoms with van der Waals surface area (Å²) in [5.74, 6) is 1.70. The van der Waals surface area contributed by atoms with Gasteiger partial charge in [0.2, 0.25) is 0 Å². The van der Waals surface area contributed by atoms with Crippen molar-refractivity contribution in [3.63, 3.8) is 0 Å². The Morgan fingerprint density at radius 2 is 1.54 bits per heavy atom. The maximum atomic E-state index is 10.7. The molecule has 4 saturated carbocycles. The van der Waals surface area contributed by atoms with Crippen molar-refractivity contribution in [2.24, 2.45) is 16.7 Å². The quantitative estimate of drug-likeness (QED) is 0.484. The Morgan fingerprint density at radius 3 is 2.14 bits per heavy atom. The van der Waals surface area contributed by atoms with Gasteiger partial charge in [-0.1, -0.05) is 56.3 Å². The summed E-state index contributed by atoms with van der Waals surface area (Å²) >= 11 is 0. The Balaban J connectivity index is 1.16. The van der Waals surface area contributed by atoms with E-state index in [9.17, 15) is 10.2 Å². The number of aliphatic hydroxyl groups excluding tert-OH is 2. The molecule has 0 amide bonds. The predicted octanol–water partition coefficient (Wildman–Crippen LogP) is 5.73. The molecule has 0 spiro atoms. The maximum absolute atomic E-state index is 10.7. The Morgan fingerprint density at radius 1 is 0.914 bits per heavy atom. The number of benzene rings is 2. The highest BCUT2D eigenvalue weighted by Crippen LogP contribution is 2.69. The molecular weight excluding hydrogens is 434 g/mol. The standard InChI is InChI=1S/C31H43NO3/c1-22(28(34)24-8-6-5-7-9-24)32(4)17-26(33)18-35-27-12-10-25(11-13-27)31-16-23-14-29(2,20-31)19-30(3,15-23)21-31/h5-13,22-23,26,28,33-34H,14-21H2,1-4H3/t22-,23?,26?,28-,29-,30+,31?/m0/s1. The van der Waals surface area contributed by atoms with Gasteiger partial charge in [0.25, 0.3) is 0 Å². The van der Waals surface area contributed by atoms with E-state index in [1.165, 1.54) is 44.1 Å². The number of aliphatic hydroxyl groups is 2. The summed E-state index contributed by atoms with van der Waals surface area (Å²) in [5.41, 5.74) is 3.71. The van der Waals surface area contributed by atoms with Crippen molar-refractivity contribution in [1.29, 1.82) is 0 Å². The molecule has 4 fully saturated rings. The van der Waals surface area contributed by atoms with Gasteiger partial charge in [0.05, 0.1) is 6.10 Å². The third-order valence-electron chi connectivity index (χ3n) is 9.33. The van der Waals surface area contributed by atoms with Crippen LogP contribution >= 0.6 is 0 Å². The summed E-state index contributed by atoms with van der Waals surface area (Å²) in [6, 6.07) is 18.3. The molecule has 4 aliphatic rings. The van der Waals surface area contributed by atoms with E-state index in [0.717, 1.165) is 17.2 Å². The minimum absolute atomic E-state index is 0.115. The topological polar surface area (TPSA) is 52.9 Å². The fourth-order valence-corrected chi connectivity index (χ4v) is 8.59. The van der Waals surface area contributed by atoms with Gasteiger partial charge in [-0.25, -0.2) is 0 Å². The number of ether oxygens (including phenoxy) is 1. The van der Waals surface area contributed by atoms with E-state index in [-0.39, 0.29) is 12.6 Å². The molecule has 0 aromatic heterocycles. The number of hydrogen-bond donors (Lipinski definition) is 2. The normalized spacial score (nSPS) is 34.1. The van der Waals surface area contributed by atoms with Crippen molar-refractivity contribution >= 4 is 0 Å². The van der Waals surface area contributed by atoms with Crippen LogP contribution in [-0.2, 0) is 5.41 Å². The molecule has 4 aliphatic carbocycles. The lowest BCUT2D eigenvalue weighted by Gasteiger charge is -2.65. The molecule has 0 aliphatic heterocycles. The van der Waals surface area contributed by atoms with E-state index in [1.807, 2.05) is 49.2 Å². The van der Waals surface area contributed by atoms with Crippen molar-refractivity contribution in [2.75, 3.05) is 20.2 Å². The second-order valence-corrected chi connectivity index (χ2v) is 12.9. The molecule has 0 radical (unpaired) electrons. The number of likely N-dealkylation sites (N-methyl/N-ethyl adjacent to an activating group) is 1. The van der Waals surface area contributed by atoms with Gasteiger partial charge >= 0.3 is 0 Å². The zero-order valence-electron chi connectivity index (χ0n) is 21.9. The predicted molar refractivity (Wildman–Crippen MR) is 141 cm³/mol. The lowest BCUT2D eigenvalue weighted by Crippen LogP contribution is -2.56. The molecule has 4 bridgehead atoms. The smallest absolute Gasteiger partial charge is 0.119 e. The number of hydrogen-bond acceptors (Lipinski definition) is 4. The molecule has 4 nitrogen and oxygen atoms in total. The van der Waals surface area contributed by atoms with Gasteiger partial charge < -0.3 is 14.9 Å². The minimum Gasteiger partial charge on any atom is -0.491 e. The summed E-state index contributed by atoms with van der Waals surface area (Å²) in [6.07, 6.45) is 6.99. The summed E-state index contributed by atoms with van der Waals surface area (Å²) in [6.45, 7) is 7.71. The molecule has 0 heterocycles. The molecule has 2 aromatic carbocycles. The van der Waals surface area contributed by atoms with Crippen LogP contribution in [0.1, 0.15) is 76.5 Å². The third-order valence-corrected chi connectivity index (χ3v) is 9.33. The van der Waals surface area contributed by atoms with Crippen LogP contribution in [0, 0.1) is 16.7 Å². The molecule has 0 saturated heterocycles. The van der Waals surface area contributed by atoms with Crippen LogP contribution in [0.4, 0.5) is 0 Å². The van der Waals surface area contributed by atoms with Crippen LogP contribution in [0.15, 0.2) is 54.6 Å². The highest BCUT2D eigenvalue weighted by atomic mass is 16.5. The lowest BCUT2D eigenvalue weighted by molar-refractivity contribution is -0.110. The second kappa shape index (κ2) is 9.21. The molecule has 35 heavy (non-hydrogen) atoms. The van der Waals surface area contributed by atoms with Gasteiger partial charge in [0, 0.05) is 12.6 Å². The first-order valence-corrected chi connectivity index (χ1v) is 13.4. The Bertz CT molecular complexity index is 988. The Hall–Kier alpha value is -1.88. The van der Waals surface area contributed by atoms with Crippen LogP contribution in [-0.4, -0.2) is 47.5 Å². The lowest BCUT2D eigenvalue weighted by atomic mass is 9.39. The Labute approximate surface area is 211 Å². The van der Waals surface area contributed by atoms with Crippen LogP contribution in [0.5, 0.6) is 5.75 Å². The third kappa shape index (κ3) is 5.03. The van der Waals surface area contributed by atoms with Crippen LogP contribution in [0.2, 0.25) is 0 Å². The van der Waals surface area contributed by atoms with E-state index in [4.69, 9.17) is 4.74 Å². The maximum Gasteiger partial charge on any atom is 0.119 e. The van der Waals surface area contributed by atoms with E-state index < -0.39 is 12.2 Å². The highest BCUT2D eigenvalue weighted by molar-refractivity contribution is 5.36. The summed E-state index contributed by atoms with van der Waals surface area (Å²) in [7, 11) is 1.93.